The van der Waals surface area contributed by atoms with E-state index in [1.165, 1.54) is 0 Å². The predicted molar refractivity (Wildman–Crippen MR) is 128 cm³/mol. The maximum absolute atomic E-state index is 13.0. The van der Waals surface area contributed by atoms with Crippen molar-refractivity contribution in [3.63, 3.8) is 0 Å². The first kappa shape index (κ1) is 21.6. The number of para-hydroxylation sites is 2. The molecule has 7 nitrogen and oxygen atoms in total. The number of thiazole rings is 1. The van der Waals surface area contributed by atoms with Crippen molar-refractivity contribution in [2.24, 2.45) is 0 Å². The second-order valence-electron chi connectivity index (χ2n) is 8.32. The Morgan fingerprint density at radius 2 is 1.79 bits per heavy atom. The molecule has 2 aliphatic heterocycles. The highest BCUT2D eigenvalue weighted by atomic mass is 32.1. The smallest absolute Gasteiger partial charge is 0.268 e. The lowest BCUT2D eigenvalue weighted by Gasteiger charge is -2.37. The Bertz CT molecular complexity index is 1140. The molecule has 0 bridgehead atoms. The van der Waals surface area contributed by atoms with E-state index in [-0.39, 0.29) is 18.4 Å². The highest BCUT2D eigenvalue weighted by Gasteiger charge is 2.34. The number of carbonyl (C=O) groups excluding carboxylic acids is 2. The third-order valence-corrected chi connectivity index (χ3v) is 6.99. The number of fused-ring (bicyclic) bond motifs is 1. The number of amides is 2. The Hall–Kier alpha value is -3.23. The first-order chi connectivity index (χ1) is 16.1. The summed E-state index contributed by atoms with van der Waals surface area (Å²) in [7, 11) is 0. The summed E-state index contributed by atoms with van der Waals surface area (Å²) in [4.78, 5) is 36.2. The van der Waals surface area contributed by atoms with E-state index in [9.17, 15) is 9.59 Å². The van der Waals surface area contributed by atoms with Crippen molar-refractivity contribution < 1.29 is 14.3 Å². The van der Waals surface area contributed by atoms with Gasteiger partial charge in [0.1, 0.15) is 17.3 Å². The fourth-order valence-electron chi connectivity index (χ4n) is 4.23. The van der Waals surface area contributed by atoms with Gasteiger partial charge in [-0.3, -0.25) is 19.4 Å². The van der Waals surface area contributed by atoms with Gasteiger partial charge in [-0.2, -0.15) is 0 Å². The van der Waals surface area contributed by atoms with E-state index >= 15 is 0 Å². The van der Waals surface area contributed by atoms with Gasteiger partial charge in [-0.1, -0.05) is 42.5 Å². The first-order valence-corrected chi connectivity index (χ1v) is 12.0. The second-order valence-corrected chi connectivity index (χ2v) is 9.18. The monoisotopic (exact) mass is 462 g/mol. The van der Waals surface area contributed by atoms with Crippen molar-refractivity contribution in [3.8, 4) is 16.3 Å². The summed E-state index contributed by atoms with van der Waals surface area (Å²) in [6, 6.07) is 17.6. The molecule has 5 rings (SSSR count). The molecule has 0 radical (unpaired) electrons. The summed E-state index contributed by atoms with van der Waals surface area (Å²) < 4.78 is 5.67. The molecule has 0 saturated carbocycles. The number of benzene rings is 2. The molecular weight excluding hydrogens is 436 g/mol. The summed E-state index contributed by atoms with van der Waals surface area (Å²) >= 11 is 1.66. The zero-order chi connectivity index (χ0) is 22.8. The third kappa shape index (κ3) is 4.62. The number of hydrogen-bond acceptors (Lipinski definition) is 6. The van der Waals surface area contributed by atoms with Gasteiger partial charge in [0, 0.05) is 43.7 Å². The second kappa shape index (κ2) is 9.33. The van der Waals surface area contributed by atoms with Crippen LogP contribution >= 0.6 is 11.3 Å². The first-order valence-electron chi connectivity index (χ1n) is 11.2. The molecule has 1 unspecified atom stereocenters. The maximum Gasteiger partial charge on any atom is 0.268 e. The van der Waals surface area contributed by atoms with Gasteiger partial charge in [-0.05, 0) is 19.1 Å². The molecule has 1 aromatic heterocycles. The van der Waals surface area contributed by atoms with Crippen LogP contribution in [0.3, 0.4) is 0 Å². The average molecular weight is 463 g/mol. The number of piperazine rings is 1. The Balaban J connectivity index is 1.17. The van der Waals surface area contributed by atoms with Crippen LogP contribution in [0.2, 0.25) is 0 Å². The summed E-state index contributed by atoms with van der Waals surface area (Å²) in [6.45, 7) is 5.39. The molecule has 1 atom stereocenters. The number of anilines is 1. The van der Waals surface area contributed by atoms with Crippen LogP contribution in [0, 0.1) is 0 Å². The largest absolute Gasteiger partial charge is 0.479 e. The highest BCUT2D eigenvalue weighted by Crippen LogP contribution is 2.33. The van der Waals surface area contributed by atoms with E-state index in [4.69, 9.17) is 9.72 Å². The van der Waals surface area contributed by atoms with Gasteiger partial charge in [0.25, 0.3) is 5.91 Å². The van der Waals surface area contributed by atoms with Crippen molar-refractivity contribution in [2.45, 2.75) is 19.6 Å². The minimum Gasteiger partial charge on any atom is -0.479 e. The molecule has 2 aliphatic rings. The van der Waals surface area contributed by atoms with Crippen LogP contribution < -0.4 is 9.64 Å². The highest BCUT2D eigenvalue weighted by molar-refractivity contribution is 7.13. The van der Waals surface area contributed by atoms with E-state index in [0.717, 1.165) is 35.9 Å². The number of nitrogens with zero attached hydrogens (tertiary/aromatic N) is 4. The number of carbonyl (C=O) groups is 2. The average Bonchev–Trinajstić information content (AvgIpc) is 3.31. The van der Waals surface area contributed by atoms with E-state index in [2.05, 4.69) is 22.4 Å². The van der Waals surface area contributed by atoms with Crippen LogP contribution in [0.15, 0.2) is 60.0 Å². The summed E-state index contributed by atoms with van der Waals surface area (Å²) in [6.07, 6.45) is -0.594. The Kier molecular flexibility index (Phi) is 6.11. The zero-order valence-corrected chi connectivity index (χ0v) is 19.3. The molecule has 170 valence electrons. The van der Waals surface area contributed by atoms with Gasteiger partial charge in [0.2, 0.25) is 5.91 Å². The van der Waals surface area contributed by atoms with E-state index in [1.807, 2.05) is 47.4 Å². The summed E-state index contributed by atoms with van der Waals surface area (Å²) in [5, 5.41) is 3.15. The van der Waals surface area contributed by atoms with E-state index < -0.39 is 6.10 Å². The number of hydrogen-bond donors (Lipinski definition) is 0. The molecule has 0 aliphatic carbocycles. The molecule has 0 spiro atoms. The molecule has 1 saturated heterocycles. The van der Waals surface area contributed by atoms with E-state index in [1.54, 1.807) is 23.2 Å². The van der Waals surface area contributed by atoms with Crippen molar-refractivity contribution >= 4 is 28.8 Å². The molecule has 0 N–H and O–H groups in total. The predicted octanol–water partition coefficient (Wildman–Crippen LogP) is 3.27. The lowest BCUT2D eigenvalue weighted by Crippen LogP contribution is -2.53. The van der Waals surface area contributed by atoms with Crippen molar-refractivity contribution in [2.75, 3.05) is 37.6 Å². The van der Waals surface area contributed by atoms with Gasteiger partial charge < -0.3 is 9.64 Å². The quantitative estimate of drug-likeness (QED) is 0.582. The topological polar surface area (TPSA) is 66.0 Å². The molecule has 3 heterocycles. The SMILES string of the molecule is CC1Oc2ccccc2N(CC(=O)N2CCN(Cc3csc(-c4ccccc4)n3)CC2)C1=O. The van der Waals surface area contributed by atoms with Crippen LogP contribution in [0.4, 0.5) is 5.69 Å². The van der Waals surface area contributed by atoms with Crippen molar-refractivity contribution in [1.82, 2.24) is 14.8 Å². The van der Waals surface area contributed by atoms with Crippen LogP contribution in [0.25, 0.3) is 10.6 Å². The maximum atomic E-state index is 13.0. The Labute approximate surface area is 197 Å². The van der Waals surface area contributed by atoms with Crippen LogP contribution in [0.1, 0.15) is 12.6 Å². The third-order valence-electron chi connectivity index (χ3n) is 6.05. The molecule has 3 aromatic rings. The lowest BCUT2D eigenvalue weighted by molar-refractivity contribution is -0.134. The Morgan fingerprint density at radius 3 is 2.58 bits per heavy atom. The molecule has 2 amide bonds. The minimum atomic E-state index is -0.594. The van der Waals surface area contributed by atoms with Crippen molar-refractivity contribution in [3.05, 3.63) is 65.7 Å². The molecule has 2 aromatic carbocycles. The van der Waals surface area contributed by atoms with E-state index in [0.29, 0.717) is 24.5 Å². The fraction of sp³-hybridized carbons (Fsp3) is 0.320. The van der Waals surface area contributed by atoms with Crippen LogP contribution in [-0.4, -0.2) is 65.4 Å². The van der Waals surface area contributed by atoms with Gasteiger partial charge in [0.05, 0.1) is 11.4 Å². The molecule has 1 fully saturated rings. The van der Waals surface area contributed by atoms with Gasteiger partial charge >= 0.3 is 0 Å². The fourth-order valence-corrected chi connectivity index (χ4v) is 5.05. The summed E-state index contributed by atoms with van der Waals surface area (Å²) in [5.41, 5.74) is 2.85. The van der Waals surface area contributed by atoms with Gasteiger partial charge in [0.15, 0.2) is 6.10 Å². The Morgan fingerprint density at radius 1 is 1.06 bits per heavy atom. The van der Waals surface area contributed by atoms with Crippen LogP contribution in [-0.2, 0) is 16.1 Å². The van der Waals surface area contributed by atoms with Crippen LogP contribution in [0.5, 0.6) is 5.75 Å². The van der Waals surface area contributed by atoms with Gasteiger partial charge in [-0.15, -0.1) is 11.3 Å². The number of ether oxygens (including phenoxy) is 1. The number of rotatable bonds is 5. The number of aromatic nitrogens is 1. The summed E-state index contributed by atoms with van der Waals surface area (Å²) in [5.74, 6) is 0.422. The minimum absolute atomic E-state index is 0.0353. The lowest BCUT2D eigenvalue weighted by atomic mass is 10.2. The molecular formula is C25H26N4O3S. The van der Waals surface area contributed by atoms with Crippen molar-refractivity contribution in [1.29, 1.82) is 0 Å². The molecule has 8 heteroatoms. The standard InChI is InChI=1S/C25H26N4O3S/c1-18-25(31)29(21-9-5-6-10-22(21)32-18)16-23(30)28-13-11-27(12-14-28)15-20-17-33-24(26-20)19-7-3-2-4-8-19/h2-10,17-18H,11-16H2,1H3. The zero-order valence-electron chi connectivity index (χ0n) is 18.5. The molecule has 33 heavy (non-hydrogen) atoms. The van der Waals surface area contributed by atoms with Gasteiger partial charge in [-0.25, -0.2) is 4.98 Å². The normalized spacial score (nSPS) is 18.7.